The minimum absolute atomic E-state index is 0.0997. The lowest BCUT2D eigenvalue weighted by Gasteiger charge is -2.31. The molecule has 1 saturated heterocycles. The smallest absolute Gasteiger partial charge is 0.308 e. The van der Waals surface area contributed by atoms with Gasteiger partial charge in [-0.05, 0) is 0 Å². The van der Waals surface area contributed by atoms with Crippen molar-refractivity contribution < 1.29 is 24.2 Å². The molecule has 0 radical (unpaired) electrons. The number of esters is 1. The van der Waals surface area contributed by atoms with Gasteiger partial charge < -0.3 is 14.6 Å². The van der Waals surface area contributed by atoms with E-state index in [1.807, 2.05) is 6.08 Å². The molecular weight excluding hydrogens is 298 g/mol. The molecule has 1 atom stereocenters. The van der Waals surface area contributed by atoms with Gasteiger partial charge in [-0.25, -0.2) is 0 Å². The summed E-state index contributed by atoms with van der Waals surface area (Å²) in [6.45, 7) is 9.13. The average Bonchev–Trinajstić information content (AvgIpc) is 2.51. The van der Waals surface area contributed by atoms with Crippen molar-refractivity contribution in [1.82, 2.24) is 4.90 Å². The molecule has 1 N–H and O–H groups in total. The topological polar surface area (TPSA) is 76.1 Å². The standard InChI is InChI=1S/C17H29NO5/c1-16(2,3)15(20)17(21,13-14(19)22-4)7-5-6-8-18-9-11-23-12-10-18/h5-6,21H,7-13H2,1-4H3/b6-5+. The minimum atomic E-state index is -1.73. The molecule has 0 saturated carbocycles. The van der Waals surface area contributed by atoms with Crippen molar-refractivity contribution in [3.63, 3.8) is 0 Å². The molecule has 1 rings (SSSR count). The van der Waals surface area contributed by atoms with Crippen molar-refractivity contribution in [1.29, 1.82) is 0 Å². The SMILES string of the molecule is COC(=O)CC(O)(C/C=C/CN1CCOCC1)C(=O)C(C)(C)C. The zero-order valence-corrected chi connectivity index (χ0v) is 14.6. The summed E-state index contributed by atoms with van der Waals surface area (Å²) in [5.41, 5.74) is -2.46. The van der Waals surface area contributed by atoms with E-state index in [2.05, 4.69) is 9.64 Å². The third kappa shape index (κ3) is 6.41. The van der Waals surface area contributed by atoms with E-state index in [1.54, 1.807) is 26.8 Å². The third-order valence-corrected chi connectivity index (χ3v) is 3.86. The normalized spacial score (nSPS) is 19.5. The highest BCUT2D eigenvalue weighted by atomic mass is 16.5. The van der Waals surface area contributed by atoms with Crippen molar-refractivity contribution >= 4 is 11.8 Å². The van der Waals surface area contributed by atoms with E-state index >= 15 is 0 Å². The lowest BCUT2D eigenvalue weighted by Crippen LogP contribution is -2.46. The first-order valence-electron chi connectivity index (χ1n) is 7.98. The highest BCUT2D eigenvalue weighted by molar-refractivity contribution is 5.94. The van der Waals surface area contributed by atoms with Crippen LogP contribution < -0.4 is 0 Å². The van der Waals surface area contributed by atoms with Gasteiger partial charge in [0.2, 0.25) is 0 Å². The van der Waals surface area contributed by atoms with Gasteiger partial charge in [0.1, 0.15) is 5.60 Å². The summed E-state index contributed by atoms with van der Waals surface area (Å²) in [5.74, 6) is -0.946. The summed E-state index contributed by atoms with van der Waals surface area (Å²) in [6, 6.07) is 0. The Morgan fingerprint density at radius 3 is 2.35 bits per heavy atom. The largest absolute Gasteiger partial charge is 0.469 e. The lowest BCUT2D eigenvalue weighted by atomic mass is 9.77. The molecule has 6 nitrogen and oxygen atoms in total. The Balaban J connectivity index is 2.68. The van der Waals surface area contributed by atoms with Crippen LogP contribution in [-0.2, 0) is 19.1 Å². The van der Waals surface area contributed by atoms with Crippen LogP contribution in [0.15, 0.2) is 12.2 Å². The summed E-state index contributed by atoms with van der Waals surface area (Å²) >= 11 is 0. The maximum Gasteiger partial charge on any atom is 0.308 e. The van der Waals surface area contributed by atoms with Crippen molar-refractivity contribution in [3.8, 4) is 0 Å². The number of carbonyl (C=O) groups excluding carboxylic acids is 2. The Labute approximate surface area is 138 Å². The van der Waals surface area contributed by atoms with Crippen LogP contribution >= 0.6 is 0 Å². The van der Waals surface area contributed by atoms with E-state index in [9.17, 15) is 14.7 Å². The van der Waals surface area contributed by atoms with Gasteiger partial charge >= 0.3 is 5.97 Å². The molecule has 1 heterocycles. The number of morpholine rings is 1. The van der Waals surface area contributed by atoms with Crippen LogP contribution in [-0.4, -0.2) is 67.3 Å². The van der Waals surface area contributed by atoms with Gasteiger partial charge in [0.05, 0.1) is 26.7 Å². The predicted molar refractivity (Wildman–Crippen MR) is 87.1 cm³/mol. The number of ketones is 1. The van der Waals surface area contributed by atoms with Crippen LogP contribution in [0.5, 0.6) is 0 Å². The van der Waals surface area contributed by atoms with E-state index in [0.29, 0.717) is 0 Å². The summed E-state index contributed by atoms with van der Waals surface area (Å²) in [5, 5.41) is 10.7. The first-order chi connectivity index (χ1) is 10.7. The summed E-state index contributed by atoms with van der Waals surface area (Å²) < 4.78 is 9.90. The van der Waals surface area contributed by atoms with Crippen LogP contribution in [0.3, 0.4) is 0 Å². The summed E-state index contributed by atoms with van der Waals surface area (Å²) in [7, 11) is 1.25. The number of methoxy groups -OCH3 is 1. The first-order valence-corrected chi connectivity index (χ1v) is 7.98. The molecule has 0 amide bonds. The number of hydrogen-bond donors (Lipinski definition) is 1. The lowest BCUT2D eigenvalue weighted by molar-refractivity contribution is -0.157. The molecule has 1 unspecified atom stereocenters. The Kier molecular flexibility index (Phi) is 7.38. The Morgan fingerprint density at radius 1 is 1.22 bits per heavy atom. The van der Waals surface area contributed by atoms with Gasteiger partial charge in [0, 0.05) is 31.5 Å². The van der Waals surface area contributed by atoms with Gasteiger partial charge in [-0.15, -0.1) is 0 Å². The number of hydrogen-bond acceptors (Lipinski definition) is 6. The quantitative estimate of drug-likeness (QED) is 0.559. The van der Waals surface area contributed by atoms with Gasteiger partial charge in [-0.1, -0.05) is 32.9 Å². The van der Waals surface area contributed by atoms with Crippen LogP contribution in [0.2, 0.25) is 0 Å². The zero-order valence-electron chi connectivity index (χ0n) is 14.6. The average molecular weight is 327 g/mol. The van der Waals surface area contributed by atoms with Crippen LogP contribution in [0.25, 0.3) is 0 Å². The fraction of sp³-hybridized carbons (Fsp3) is 0.765. The maximum atomic E-state index is 12.5. The molecule has 6 heteroatoms. The summed E-state index contributed by atoms with van der Waals surface area (Å²) in [6.07, 6.45) is 3.45. The van der Waals surface area contributed by atoms with Crippen molar-refractivity contribution in [3.05, 3.63) is 12.2 Å². The second-order valence-electron chi connectivity index (χ2n) is 6.95. The summed E-state index contributed by atoms with van der Waals surface area (Å²) in [4.78, 5) is 26.3. The fourth-order valence-corrected chi connectivity index (χ4v) is 2.54. The van der Waals surface area contributed by atoms with Gasteiger partial charge in [-0.2, -0.15) is 0 Å². The third-order valence-electron chi connectivity index (χ3n) is 3.86. The first kappa shape index (κ1) is 19.8. The monoisotopic (exact) mass is 327 g/mol. The van der Waals surface area contributed by atoms with Gasteiger partial charge in [0.25, 0.3) is 0 Å². The van der Waals surface area contributed by atoms with Gasteiger partial charge in [-0.3, -0.25) is 14.5 Å². The van der Waals surface area contributed by atoms with E-state index in [4.69, 9.17) is 4.74 Å². The number of aliphatic hydroxyl groups is 1. The second kappa shape index (κ2) is 8.57. The number of ether oxygens (including phenoxy) is 2. The van der Waals surface area contributed by atoms with E-state index in [0.717, 1.165) is 32.8 Å². The minimum Gasteiger partial charge on any atom is -0.469 e. The maximum absolute atomic E-state index is 12.5. The second-order valence-corrected chi connectivity index (χ2v) is 6.95. The highest BCUT2D eigenvalue weighted by Gasteiger charge is 2.43. The van der Waals surface area contributed by atoms with Crippen molar-refractivity contribution in [2.45, 2.75) is 39.2 Å². The van der Waals surface area contributed by atoms with E-state index in [1.165, 1.54) is 7.11 Å². The molecule has 0 aromatic heterocycles. The van der Waals surface area contributed by atoms with E-state index in [-0.39, 0.29) is 18.6 Å². The molecule has 1 fully saturated rings. The molecule has 23 heavy (non-hydrogen) atoms. The van der Waals surface area contributed by atoms with Crippen molar-refractivity contribution in [2.24, 2.45) is 5.41 Å². The van der Waals surface area contributed by atoms with Crippen LogP contribution in [0, 0.1) is 5.41 Å². The molecule has 0 bridgehead atoms. The zero-order chi connectivity index (χ0) is 17.5. The Morgan fingerprint density at radius 2 is 1.83 bits per heavy atom. The number of Topliss-reactive ketones (excluding diaryl/α,β-unsaturated/α-hetero) is 1. The fourth-order valence-electron chi connectivity index (χ4n) is 2.54. The van der Waals surface area contributed by atoms with Crippen LogP contribution in [0.1, 0.15) is 33.6 Å². The Hall–Kier alpha value is -1.24. The molecule has 1 aliphatic rings. The Bertz CT molecular complexity index is 435. The predicted octanol–water partition coefficient (Wildman–Crippen LogP) is 1.17. The van der Waals surface area contributed by atoms with Gasteiger partial charge in [0.15, 0.2) is 5.78 Å². The molecule has 132 valence electrons. The molecule has 0 aliphatic carbocycles. The molecule has 0 spiro atoms. The van der Waals surface area contributed by atoms with Crippen LogP contribution in [0.4, 0.5) is 0 Å². The number of carbonyl (C=O) groups is 2. The molecular formula is C17H29NO5. The molecule has 0 aromatic rings. The van der Waals surface area contributed by atoms with Crippen molar-refractivity contribution in [2.75, 3.05) is 40.0 Å². The number of rotatable bonds is 7. The molecule has 0 aromatic carbocycles. The molecule has 1 aliphatic heterocycles. The van der Waals surface area contributed by atoms with E-state index < -0.39 is 17.0 Å². The highest BCUT2D eigenvalue weighted by Crippen LogP contribution is 2.29. The number of nitrogens with zero attached hydrogens (tertiary/aromatic N) is 1.